The Morgan fingerprint density at radius 2 is 2.07 bits per heavy atom. The van der Waals surface area contributed by atoms with Gasteiger partial charge >= 0.3 is 0 Å². The first-order valence-corrected chi connectivity index (χ1v) is 9.43. The molecule has 6 heteroatoms. The second kappa shape index (κ2) is 7.62. The maximum atomic E-state index is 12.7. The average molecular weight is 370 g/mol. The van der Waals surface area contributed by atoms with Crippen LogP contribution in [-0.2, 0) is 17.6 Å². The quantitative estimate of drug-likeness (QED) is 0.481. The van der Waals surface area contributed by atoms with Gasteiger partial charge in [-0.05, 0) is 18.3 Å². The fraction of sp³-hybridized carbons (Fsp3) is 0.524. The zero-order valence-corrected chi connectivity index (χ0v) is 16.0. The summed E-state index contributed by atoms with van der Waals surface area (Å²) < 4.78 is 5.29. The molecule has 2 aliphatic rings. The van der Waals surface area contributed by atoms with Crippen molar-refractivity contribution in [3.63, 3.8) is 0 Å². The van der Waals surface area contributed by atoms with Crippen molar-refractivity contribution in [2.75, 3.05) is 6.54 Å². The second-order valence-corrected chi connectivity index (χ2v) is 8.04. The van der Waals surface area contributed by atoms with Crippen molar-refractivity contribution in [1.29, 1.82) is 0 Å². The van der Waals surface area contributed by atoms with Crippen molar-refractivity contribution in [2.45, 2.75) is 58.8 Å². The first kappa shape index (κ1) is 19.3. The molecule has 1 N–H and O–H groups in total. The highest BCUT2D eigenvalue weighted by Crippen LogP contribution is 2.36. The highest BCUT2D eigenvalue weighted by molar-refractivity contribution is 6.24. The van der Waals surface area contributed by atoms with Gasteiger partial charge in [0.05, 0.1) is 23.4 Å². The minimum absolute atomic E-state index is 0.0123. The molecule has 1 aromatic heterocycles. The molecule has 27 heavy (non-hydrogen) atoms. The van der Waals surface area contributed by atoms with E-state index in [-0.39, 0.29) is 29.2 Å². The average Bonchev–Trinajstić information content (AvgIpc) is 3.01. The van der Waals surface area contributed by atoms with Crippen LogP contribution in [0.2, 0.25) is 0 Å². The molecule has 0 saturated heterocycles. The fourth-order valence-corrected chi connectivity index (χ4v) is 3.84. The van der Waals surface area contributed by atoms with Crippen LogP contribution in [-0.4, -0.2) is 34.1 Å². The molecule has 0 unspecified atom stereocenters. The van der Waals surface area contributed by atoms with Crippen LogP contribution >= 0.6 is 0 Å². The molecule has 1 fully saturated rings. The third kappa shape index (κ3) is 4.10. The summed E-state index contributed by atoms with van der Waals surface area (Å²) in [4.78, 5) is 29.3. The van der Waals surface area contributed by atoms with E-state index in [9.17, 15) is 14.7 Å². The third-order valence-corrected chi connectivity index (χ3v) is 5.07. The lowest BCUT2D eigenvalue weighted by Crippen LogP contribution is -2.33. The summed E-state index contributed by atoms with van der Waals surface area (Å²) in [5.41, 5.74) is 1.90. The summed E-state index contributed by atoms with van der Waals surface area (Å²) in [6.07, 6.45) is 5.24. The van der Waals surface area contributed by atoms with Crippen molar-refractivity contribution in [2.24, 2.45) is 10.4 Å². The zero-order chi connectivity index (χ0) is 19.6. The Labute approximate surface area is 159 Å². The lowest BCUT2D eigenvalue weighted by atomic mass is 9.73. The molecule has 1 saturated carbocycles. The number of ketones is 2. The van der Waals surface area contributed by atoms with Gasteiger partial charge in [-0.1, -0.05) is 25.1 Å². The number of aryl methyl sites for hydroxylation is 2. The second-order valence-electron chi connectivity index (χ2n) is 8.04. The van der Waals surface area contributed by atoms with Gasteiger partial charge in [-0.15, -0.1) is 6.58 Å². The molecule has 0 atom stereocenters. The predicted molar refractivity (Wildman–Crippen MR) is 102 cm³/mol. The molecule has 0 aromatic carbocycles. The summed E-state index contributed by atoms with van der Waals surface area (Å²) in [7, 11) is 0. The maximum Gasteiger partial charge on any atom is 0.168 e. The van der Waals surface area contributed by atoms with E-state index in [4.69, 9.17) is 4.52 Å². The lowest BCUT2D eigenvalue weighted by Gasteiger charge is -2.31. The summed E-state index contributed by atoms with van der Waals surface area (Å²) in [6.45, 7) is 8.12. The summed E-state index contributed by atoms with van der Waals surface area (Å²) >= 11 is 0. The standard InChI is InChI=1S/C21H26N2O4/c1-4-10-22-14-11-21(2,3)12-17(26)19(14)16(25)9-8-13-20-15(24)6-5-7-18(20)27-23-13/h4,25H,1,5-12H2,2-3H3/b19-16-,22-14?. The fourth-order valence-electron chi connectivity index (χ4n) is 3.84. The first-order chi connectivity index (χ1) is 12.8. The van der Waals surface area contributed by atoms with E-state index in [0.29, 0.717) is 67.0 Å². The molecule has 0 aliphatic heterocycles. The molecule has 6 nitrogen and oxygen atoms in total. The number of hydrogen-bond acceptors (Lipinski definition) is 6. The van der Waals surface area contributed by atoms with Gasteiger partial charge in [-0.2, -0.15) is 0 Å². The number of aliphatic imine (C=N–C) groups is 1. The van der Waals surface area contributed by atoms with Crippen LogP contribution in [0.4, 0.5) is 0 Å². The Morgan fingerprint density at radius 3 is 2.81 bits per heavy atom. The molecule has 1 heterocycles. The third-order valence-electron chi connectivity index (χ3n) is 5.07. The molecular formula is C21H26N2O4. The van der Waals surface area contributed by atoms with E-state index in [1.54, 1.807) is 6.08 Å². The van der Waals surface area contributed by atoms with Gasteiger partial charge in [0, 0.05) is 37.8 Å². The summed E-state index contributed by atoms with van der Waals surface area (Å²) in [5.74, 6) is 0.601. The van der Waals surface area contributed by atoms with Crippen LogP contribution in [0.5, 0.6) is 0 Å². The van der Waals surface area contributed by atoms with Gasteiger partial charge in [0.15, 0.2) is 11.6 Å². The van der Waals surface area contributed by atoms with Crippen molar-refractivity contribution in [1.82, 2.24) is 5.16 Å². The van der Waals surface area contributed by atoms with E-state index < -0.39 is 0 Å². The topological polar surface area (TPSA) is 92.8 Å². The number of fused-ring (bicyclic) bond motifs is 1. The Morgan fingerprint density at radius 1 is 1.30 bits per heavy atom. The normalized spacial score (nSPS) is 22.7. The van der Waals surface area contributed by atoms with E-state index in [2.05, 4.69) is 16.7 Å². The molecule has 0 radical (unpaired) electrons. The Hall–Kier alpha value is -2.50. The number of carbonyl (C=O) groups is 2. The molecule has 0 spiro atoms. The highest BCUT2D eigenvalue weighted by Gasteiger charge is 2.36. The van der Waals surface area contributed by atoms with Crippen LogP contribution in [0.25, 0.3) is 0 Å². The van der Waals surface area contributed by atoms with Crippen LogP contribution < -0.4 is 0 Å². The molecule has 0 amide bonds. The number of rotatable bonds is 5. The molecule has 1 aromatic rings. The van der Waals surface area contributed by atoms with Crippen molar-refractivity contribution in [3.05, 3.63) is 41.0 Å². The number of aliphatic hydroxyl groups is 1. The van der Waals surface area contributed by atoms with Gasteiger partial charge < -0.3 is 9.63 Å². The first-order valence-electron chi connectivity index (χ1n) is 9.43. The Bertz CT molecular complexity index is 842. The Kier molecular flexibility index (Phi) is 5.44. The van der Waals surface area contributed by atoms with Crippen molar-refractivity contribution in [3.8, 4) is 0 Å². The van der Waals surface area contributed by atoms with Crippen LogP contribution in [0.15, 0.2) is 33.5 Å². The predicted octanol–water partition coefficient (Wildman–Crippen LogP) is 3.95. The van der Waals surface area contributed by atoms with Crippen molar-refractivity contribution >= 4 is 17.3 Å². The van der Waals surface area contributed by atoms with Gasteiger partial charge in [-0.3, -0.25) is 14.6 Å². The minimum atomic E-state index is -0.182. The molecule has 144 valence electrons. The number of Topliss-reactive ketones (excluding diaryl/α,β-unsaturated/α-hetero) is 2. The summed E-state index contributed by atoms with van der Waals surface area (Å²) in [6, 6.07) is 0. The van der Waals surface area contributed by atoms with Gasteiger partial charge in [0.1, 0.15) is 11.5 Å². The molecule has 3 rings (SSSR count). The monoisotopic (exact) mass is 370 g/mol. The highest BCUT2D eigenvalue weighted by atomic mass is 16.5. The largest absolute Gasteiger partial charge is 0.511 e. The van der Waals surface area contributed by atoms with E-state index >= 15 is 0 Å². The molecular weight excluding hydrogens is 344 g/mol. The Balaban J connectivity index is 1.84. The lowest BCUT2D eigenvalue weighted by molar-refractivity contribution is -0.117. The van der Waals surface area contributed by atoms with Gasteiger partial charge in [0.25, 0.3) is 0 Å². The zero-order valence-electron chi connectivity index (χ0n) is 16.0. The molecule has 0 bridgehead atoms. The minimum Gasteiger partial charge on any atom is -0.511 e. The van der Waals surface area contributed by atoms with Crippen LogP contribution in [0, 0.1) is 5.41 Å². The van der Waals surface area contributed by atoms with E-state index in [0.717, 1.165) is 6.42 Å². The number of aliphatic hydroxyl groups excluding tert-OH is 1. The van der Waals surface area contributed by atoms with Crippen LogP contribution in [0.1, 0.15) is 67.8 Å². The van der Waals surface area contributed by atoms with Crippen molar-refractivity contribution < 1.29 is 19.2 Å². The van der Waals surface area contributed by atoms with Gasteiger partial charge in [-0.25, -0.2) is 0 Å². The van der Waals surface area contributed by atoms with Crippen LogP contribution in [0.3, 0.4) is 0 Å². The van der Waals surface area contributed by atoms with E-state index in [1.807, 2.05) is 13.8 Å². The molecule has 2 aliphatic carbocycles. The number of allylic oxidation sites excluding steroid dienone is 2. The SMILES string of the molecule is C=CCN=C1CC(C)(C)CC(=O)/C1=C(\O)CCc1noc2c1C(=O)CCC2. The number of carbonyl (C=O) groups excluding carboxylic acids is 2. The smallest absolute Gasteiger partial charge is 0.168 e. The summed E-state index contributed by atoms with van der Waals surface area (Å²) in [5, 5.41) is 14.7. The van der Waals surface area contributed by atoms with Gasteiger partial charge in [0.2, 0.25) is 0 Å². The number of nitrogens with zero attached hydrogens (tertiary/aromatic N) is 2. The number of hydrogen-bond donors (Lipinski definition) is 1. The van der Waals surface area contributed by atoms with E-state index in [1.165, 1.54) is 0 Å². The maximum absolute atomic E-state index is 12.7. The number of aromatic nitrogens is 1.